The van der Waals surface area contributed by atoms with Crippen LogP contribution in [0.15, 0.2) is 24.4 Å². The highest BCUT2D eigenvalue weighted by molar-refractivity contribution is 5.65. The van der Waals surface area contributed by atoms with E-state index in [9.17, 15) is 4.39 Å². The Morgan fingerprint density at radius 2 is 2.19 bits per heavy atom. The van der Waals surface area contributed by atoms with E-state index in [0.29, 0.717) is 12.6 Å². The van der Waals surface area contributed by atoms with Gasteiger partial charge in [-0.3, -0.25) is 4.68 Å². The van der Waals surface area contributed by atoms with Crippen molar-refractivity contribution in [1.29, 1.82) is 0 Å². The molecular formula is C17H22FN3. The predicted octanol–water partition coefficient (Wildman–Crippen LogP) is 3.66. The molecule has 0 saturated heterocycles. The van der Waals surface area contributed by atoms with Crippen molar-refractivity contribution >= 4 is 0 Å². The predicted molar refractivity (Wildman–Crippen MR) is 82.5 cm³/mol. The number of nitrogens with one attached hydrogen (secondary N) is 1. The highest BCUT2D eigenvalue weighted by atomic mass is 19.1. The van der Waals surface area contributed by atoms with Crippen LogP contribution in [0.5, 0.6) is 0 Å². The maximum absolute atomic E-state index is 14.2. The topological polar surface area (TPSA) is 29.9 Å². The number of aryl methyl sites for hydroxylation is 1. The second-order valence-electron chi connectivity index (χ2n) is 5.83. The second kappa shape index (κ2) is 5.98. The summed E-state index contributed by atoms with van der Waals surface area (Å²) in [6.45, 7) is 5.68. The third kappa shape index (κ3) is 3.16. The van der Waals surface area contributed by atoms with Crippen LogP contribution in [0.25, 0.3) is 11.1 Å². The molecule has 1 aromatic heterocycles. The van der Waals surface area contributed by atoms with Gasteiger partial charge in [0, 0.05) is 36.0 Å². The SMILES string of the molecule is CCCn1ncc(-c2ccc(CNC3CC3)c(F)c2)c1C. The summed E-state index contributed by atoms with van der Waals surface area (Å²) in [5.41, 5.74) is 3.76. The van der Waals surface area contributed by atoms with Crippen molar-refractivity contribution in [2.75, 3.05) is 0 Å². The molecule has 112 valence electrons. The number of aromatic nitrogens is 2. The molecule has 0 aliphatic heterocycles. The molecule has 0 atom stereocenters. The molecule has 0 amide bonds. The van der Waals surface area contributed by atoms with Crippen LogP contribution in [-0.4, -0.2) is 15.8 Å². The van der Waals surface area contributed by atoms with Gasteiger partial charge in [0.15, 0.2) is 0 Å². The molecule has 0 spiro atoms. The Morgan fingerprint density at radius 1 is 1.38 bits per heavy atom. The quantitative estimate of drug-likeness (QED) is 0.878. The van der Waals surface area contributed by atoms with E-state index in [-0.39, 0.29) is 5.82 Å². The molecule has 21 heavy (non-hydrogen) atoms. The number of hydrogen-bond acceptors (Lipinski definition) is 2. The largest absolute Gasteiger partial charge is 0.310 e. The molecule has 1 aliphatic carbocycles. The number of benzene rings is 1. The van der Waals surface area contributed by atoms with Gasteiger partial charge in [-0.15, -0.1) is 0 Å². The van der Waals surface area contributed by atoms with Crippen LogP contribution >= 0.6 is 0 Å². The van der Waals surface area contributed by atoms with E-state index in [0.717, 1.165) is 35.3 Å². The molecule has 1 heterocycles. The normalized spacial score (nSPS) is 14.6. The summed E-state index contributed by atoms with van der Waals surface area (Å²) in [6, 6.07) is 6.10. The summed E-state index contributed by atoms with van der Waals surface area (Å²) in [5, 5.41) is 7.73. The van der Waals surface area contributed by atoms with Gasteiger partial charge < -0.3 is 5.32 Å². The molecule has 4 heteroatoms. The molecule has 2 aromatic rings. The van der Waals surface area contributed by atoms with Crippen LogP contribution < -0.4 is 5.32 Å². The zero-order valence-electron chi connectivity index (χ0n) is 12.7. The van der Waals surface area contributed by atoms with Gasteiger partial charge in [0.1, 0.15) is 5.82 Å². The fourth-order valence-corrected chi connectivity index (χ4v) is 2.57. The third-order valence-corrected chi connectivity index (χ3v) is 4.06. The van der Waals surface area contributed by atoms with E-state index < -0.39 is 0 Å². The molecule has 0 unspecified atom stereocenters. The Labute approximate surface area is 125 Å². The van der Waals surface area contributed by atoms with Crippen LogP contribution in [0.4, 0.5) is 4.39 Å². The Balaban J connectivity index is 1.80. The first-order valence-electron chi connectivity index (χ1n) is 7.73. The number of hydrogen-bond donors (Lipinski definition) is 1. The molecule has 1 saturated carbocycles. The zero-order valence-corrected chi connectivity index (χ0v) is 12.7. The van der Waals surface area contributed by atoms with Crippen molar-refractivity contribution in [2.45, 2.75) is 52.2 Å². The monoisotopic (exact) mass is 287 g/mol. The fourth-order valence-electron chi connectivity index (χ4n) is 2.57. The minimum absolute atomic E-state index is 0.136. The van der Waals surface area contributed by atoms with E-state index in [2.05, 4.69) is 17.3 Å². The van der Waals surface area contributed by atoms with Crippen molar-refractivity contribution in [3.63, 3.8) is 0 Å². The molecule has 0 bridgehead atoms. The first-order valence-corrected chi connectivity index (χ1v) is 7.73. The Hall–Kier alpha value is -1.68. The first-order chi connectivity index (χ1) is 10.2. The molecule has 3 rings (SSSR count). The van der Waals surface area contributed by atoms with Crippen molar-refractivity contribution in [2.24, 2.45) is 0 Å². The van der Waals surface area contributed by atoms with Gasteiger partial charge in [-0.25, -0.2) is 4.39 Å². The second-order valence-corrected chi connectivity index (χ2v) is 5.83. The number of nitrogens with zero attached hydrogens (tertiary/aromatic N) is 2. The summed E-state index contributed by atoms with van der Waals surface area (Å²) >= 11 is 0. The minimum atomic E-state index is -0.136. The standard InChI is InChI=1S/C17H22FN3/c1-3-8-21-12(2)16(11-20-21)13-4-5-14(17(18)9-13)10-19-15-6-7-15/h4-5,9,11,15,19H,3,6-8,10H2,1-2H3. The molecule has 0 radical (unpaired) electrons. The summed E-state index contributed by atoms with van der Waals surface area (Å²) in [5.74, 6) is -0.136. The van der Waals surface area contributed by atoms with Gasteiger partial charge in [-0.1, -0.05) is 19.1 Å². The van der Waals surface area contributed by atoms with E-state index in [1.807, 2.05) is 29.9 Å². The smallest absolute Gasteiger partial charge is 0.128 e. The molecule has 1 N–H and O–H groups in total. The molecular weight excluding hydrogens is 265 g/mol. The van der Waals surface area contributed by atoms with Crippen LogP contribution in [0.2, 0.25) is 0 Å². The third-order valence-electron chi connectivity index (χ3n) is 4.06. The van der Waals surface area contributed by atoms with Gasteiger partial charge >= 0.3 is 0 Å². The van der Waals surface area contributed by atoms with Gasteiger partial charge in [0.2, 0.25) is 0 Å². The average Bonchev–Trinajstić information content (AvgIpc) is 3.23. The zero-order chi connectivity index (χ0) is 14.8. The van der Waals surface area contributed by atoms with Crippen molar-refractivity contribution in [3.8, 4) is 11.1 Å². The number of rotatable bonds is 6. The number of halogens is 1. The fraction of sp³-hybridized carbons (Fsp3) is 0.471. The summed E-state index contributed by atoms with van der Waals surface area (Å²) < 4.78 is 16.2. The molecule has 3 nitrogen and oxygen atoms in total. The highest BCUT2D eigenvalue weighted by Gasteiger charge is 2.20. The summed E-state index contributed by atoms with van der Waals surface area (Å²) in [4.78, 5) is 0. The van der Waals surface area contributed by atoms with Crippen molar-refractivity contribution in [1.82, 2.24) is 15.1 Å². The lowest BCUT2D eigenvalue weighted by atomic mass is 10.0. The van der Waals surface area contributed by atoms with E-state index in [1.165, 1.54) is 12.8 Å². The highest BCUT2D eigenvalue weighted by Crippen LogP contribution is 2.26. The lowest BCUT2D eigenvalue weighted by Gasteiger charge is -2.08. The van der Waals surface area contributed by atoms with Gasteiger partial charge in [0.05, 0.1) is 6.20 Å². The van der Waals surface area contributed by atoms with Crippen LogP contribution in [0.3, 0.4) is 0 Å². The Morgan fingerprint density at radius 3 is 2.86 bits per heavy atom. The molecule has 1 aliphatic rings. The Bertz CT molecular complexity index is 629. The van der Waals surface area contributed by atoms with E-state index >= 15 is 0 Å². The van der Waals surface area contributed by atoms with Crippen LogP contribution in [0.1, 0.15) is 37.4 Å². The summed E-state index contributed by atoms with van der Waals surface area (Å²) in [7, 11) is 0. The maximum atomic E-state index is 14.2. The van der Waals surface area contributed by atoms with E-state index in [1.54, 1.807) is 6.07 Å². The van der Waals surface area contributed by atoms with Crippen molar-refractivity contribution in [3.05, 3.63) is 41.5 Å². The van der Waals surface area contributed by atoms with E-state index in [4.69, 9.17) is 0 Å². The minimum Gasteiger partial charge on any atom is -0.310 e. The maximum Gasteiger partial charge on any atom is 0.128 e. The summed E-state index contributed by atoms with van der Waals surface area (Å²) in [6.07, 6.45) is 5.31. The van der Waals surface area contributed by atoms with Crippen LogP contribution in [0, 0.1) is 12.7 Å². The lowest BCUT2D eigenvalue weighted by molar-refractivity contribution is 0.586. The lowest BCUT2D eigenvalue weighted by Crippen LogP contribution is -2.16. The van der Waals surface area contributed by atoms with Gasteiger partial charge in [0.25, 0.3) is 0 Å². The van der Waals surface area contributed by atoms with Gasteiger partial charge in [-0.2, -0.15) is 5.10 Å². The molecule has 1 fully saturated rings. The van der Waals surface area contributed by atoms with Crippen molar-refractivity contribution < 1.29 is 4.39 Å². The van der Waals surface area contributed by atoms with Crippen LogP contribution in [-0.2, 0) is 13.1 Å². The first kappa shape index (κ1) is 14.3. The average molecular weight is 287 g/mol. The van der Waals surface area contributed by atoms with Gasteiger partial charge in [-0.05, 0) is 37.8 Å². The Kier molecular flexibility index (Phi) is 4.06. The molecule has 1 aromatic carbocycles.